The standard InChI is InChI=1S/C20H36N5O10P.C10H16N2.CH4O/c1-11(2)7-14(24-20(31)16-5-6-25(16)13(4)27)18(29)22-9-17(28)23-15(10-26)19(30)21-8-12(3)35-36(32,33)34;1-3-4-5-6-7-12-9-11-8-10(12)2;1-2/h11-12,14-16,26H,5-10H2,1-4H3,(H,21,30)(H,22,29)(H,23,28)(H,24,31)(H2,32,33,34);3,8-9H,1,4-7H2,2H3;2H,1H3/t12?,14-,15?,16?;;/m0../s1. The molecule has 0 aliphatic carbocycles. The van der Waals surface area contributed by atoms with Gasteiger partial charge in [0.15, 0.2) is 0 Å². The largest absolute Gasteiger partial charge is 0.469 e. The van der Waals surface area contributed by atoms with Crippen LogP contribution in [0.5, 0.6) is 0 Å². The number of aliphatic hydroxyl groups excluding tert-OH is 2. The number of nitrogens with zero attached hydrogens (tertiary/aromatic N) is 3. The van der Waals surface area contributed by atoms with E-state index in [0.29, 0.717) is 13.0 Å². The predicted molar refractivity (Wildman–Crippen MR) is 184 cm³/mol. The molecule has 1 aliphatic rings. The summed E-state index contributed by atoms with van der Waals surface area (Å²) in [6.45, 7) is 12.0. The van der Waals surface area contributed by atoms with Crippen molar-refractivity contribution >= 4 is 37.4 Å². The summed E-state index contributed by atoms with van der Waals surface area (Å²) in [5, 5.41) is 25.9. The van der Waals surface area contributed by atoms with Crippen molar-refractivity contribution in [3.05, 3.63) is 30.9 Å². The Labute approximate surface area is 293 Å². The first-order valence-corrected chi connectivity index (χ1v) is 17.8. The number of imidazole rings is 1. The van der Waals surface area contributed by atoms with Crippen LogP contribution in [0.25, 0.3) is 0 Å². The van der Waals surface area contributed by atoms with Gasteiger partial charge >= 0.3 is 7.82 Å². The molecule has 4 atom stereocenters. The number of likely N-dealkylation sites (tertiary alicyclic amines) is 1. The van der Waals surface area contributed by atoms with Gasteiger partial charge in [-0.2, -0.15) is 0 Å². The highest BCUT2D eigenvalue weighted by atomic mass is 31.2. The van der Waals surface area contributed by atoms with E-state index in [1.54, 1.807) is 0 Å². The Bertz CT molecular complexity index is 1270. The summed E-state index contributed by atoms with van der Waals surface area (Å²) >= 11 is 0. The number of aliphatic hydroxyl groups is 2. The van der Waals surface area contributed by atoms with Gasteiger partial charge in [0.25, 0.3) is 0 Å². The van der Waals surface area contributed by atoms with Crippen LogP contribution in [0, 0.1) is 12.8 Å². The average molecular weight is 734 g/mol. The molecule has 2 rings (SSSR count). The molecule has 8 N–H and O–H groups in total. The highest BCUT2D eigenvalue weighted by molar-refractivity contribution is 7.46. The Hall–Kier alpha value is -3.67. The lowest BCUT2D eigenvalue weighted by Gasteiger charge is -2.39. The number of hydrogen-bond donors (Lipinski definition) is 8. The third-order valence-corrected chi connectivity index (χ3v) is 7.82. The Morgan fingerprint density at radius 2 is 1.72 bits per heavy atom. The summed E-state index contributed by atoms with van der Waals surface area (Å²) < 4.78 is 17.4. The number of aryl methyl sites for hydroxylation is 2. The van der Waals surface area contributed by atoms with Crippen LogP contribution < -0.4 is 21.3 Å². The maximum absolute atomic E-state index is 12.7. The van der Waals surface area contributed by atoms with Gasteiger partial charge in [-0.25, -0.2) is 9.55 Å². The number of allylic oxidation sites excluding steroid dienone is 1. The van der Waals surface area contributed by atoms with E-state index >= 15 is 0 Å². The van der Waals surface area contributed by atoms with Crippen LogP contribution in [0.4, 0.5) is 0 Å². The Morgan fingerprint density at radius 1 is 1.08 bits per heavy atom. The molecule has 2 heterocycles. The lowest BCUT2D eigenvalue weighted by molar-refractivity contribution is -0.146. The minimum absolute atomic E-state index is 0.0274. The maximum Gasteiger partial charge on any atom is 0.469 e. The van der Waals surface area contributed by atoms with E-state index in [1.165, 1.54) is 37.3 Å². The molecular weight excluding hydrogens is 677 g/mol. The summed E-state index contributed by atoms with van der Waals surface area (Å²) in [6, 6.07) is -2.99. The molecule has 3 unspecified atom stereocenters. The Morgan fingerprint density at radius 3 is 2.20 bits per heavy atom. The number of carbonyl (C=O) groups excluding carboxylic acids is 5. The van der Waals surface area contributed by atoms with E-state index in [1.807, 2.05) is 32.4 Å². The molecule has 0 spiro atoms. The number of unbranched alkanes of at least 4 members (excludes halogenated alkanes) is 2. The van der Waals surface area contributed by atoms with Gasteiger partial charge in [0.1, 0.15) is 18.1 Å². The van der Waals surface area contributed by atoms with Crippen LogP contribution in [0.15, 0.2) is 25.2 Å². The van der Waals surface area contributed by atoms with Crippen molar-refractivity contribution in [2.75, 3.05) is 33.4 Å². The van der Waals surface area contributed by atoms with Crippen LogP contribution in [0.1, 0.15) is 65.5 Å². The molecule has 50 heavy (non-hydrogen) atoms. The van der Waals surface area contributed by atoms with E-state index in [-0.39, 0.29) is 24.8 Å². The molecule has 286 valence electrons. The second-order valence-electron chi connectivity index (χ2n) is 11.9. The van der Waals surface area contributed by atoms with E-state index in [9.17, 15) is 33.6 Å². The number of nitrogens with one attached hydrogen (secondary N) is 4. The molecule has 1 aromatic heterocycles. The molecule has 5 amide bonds. The minimum atomic E-state index is -4.75. The third kappa shape index (κ3) is 18.9. The third-order valence-electron chi connectivity index (χ3n) is 7.18. The SMILES string of the molecule is C=CCCCCn1cncc1C.CC(=O)N1CCC1C(=O)N[C@@H](CC(C)C)C(=O)NCC(=O)NC(CO)C(=O)NCC(C)OP(=O)(O)O.CO. The lowest BCUT2D eigenvalue weighted by atomic mass is 9.99. The molecule has 1 saturated heterocycles. The minimum Gasteiger partial charge on any atom is -0.400 e. The Kier molecular flexibility index (Phi) is 22.7. The van der Waals surface area contributed by atoms with Gasteiger partial charge in [-0.05, 0) is 51.9 Å². The molecule has 0 radical (unpaired) electrons. The molecule has 0 bridgehead atoms. The second kappa shape index (κ2) is 24.5. The van der Waals surface area contributed by atoms with Crippen molar-refractivity contribution in [2.45, 2.75) is 97.5 Å². The van der Waals surface area contributed by atoms with Crippen LogP contribution in [0.3, 0.4) is 0 Å². The predicted octanol–water partition coefficient (Wildman–Crippen LogP) is -0.498. The number of phosphoric ester groups is 1. The summed E-state index contributed by atoms with van der Waals surface area (Å²) in [5.41, 5.74) is 1.24. The van der Waals surface area contributed by atoms with Gasteiger partial charge in [-0.15, -0.1) is 6.58 Å². The summed E-state index contributed by atoms with van der Waals surface area (Å²) in [4.78, 5) is 84.0. The van der Waals surface area contributed by atoms with Gasteiger partial charge in [0.2, 0.25) is 29.5 Å². The summed E-state index contributed by atoms with van der Waals surface area (Å²) in [6.07, 6.45) is 9.04. The zero-order chi connectivity index (χ0) is 38.4. The van der Waals surface area contributed by atoms with Gasteiger partial charge in [-0.3, -0.25) is 28.5 Å². The molecule has 0 saturated carbocycles. The molecular formula is C31H56N7O11P. The first-order valence-electron chi connectivity index (χ1n) is 16.3. The summed E-state index contributed by atoms with van der Waals surface area (Å²) in [7, 11) is -3.75. The average Bonchev–Trinajstić information content (AvgIpc) is 3.42. The monoisotopic (exact) mass is 733 g/mol. The van der Waals surface area contributed by atoms with Crippen molar-refractivity contribution < 1.29 is 53.1 Å². The van der Waals surface area contributed by atoms with Gasteiger partial charge in [-0.1, -0.05) is 19.9 Å². The molecule has 18 nitrogen and oxygen atoms in total. The fourth-order valence-electron chi connectivity index (χ4n) is 4.57. The van der Waals surface area contributed by atoms with Gasteiger partial charge in [0.05, 0.1) is 25.6 Å². The van der Waals surface area contributed by atoms with E-state index in [0.717, 1.165) is 20.1 Å². The quantitative estimate of drug-likeness (QED) is 0.0509. The number of amides is 5. The highest BCUT2D eigenvalue weighted by Gasteiger charge is 2.37. The zero-order valence-corrected chi connectivity index (χ0v) is 30.7. The summed E-state index contributed by atoms with van der Waals surface area (Å²) in [5.74, 6) is -2.94. The van der Waals surface area contributed by atoms with Crippen molar-refractivity contribution in [1.29, 1.82) is 0 Å². The molecule has 19 heteroatoms. The number of carbonyl (C=O) groups is 5. The Balaban J connectivity index is 0.00000142. The number of aromatic nitrogens is 2. The van der Waals surface area contributed by atoms with Crippen LogP contribution in [0.2, 0.25) is 0 Å². The zero-order valence-electron chi connectivity index (χ0n) is 29.8. The molecule has 0 aromatic carbocycles. The van der Waals surface area contributed by atoms with E-state index in [2.05, 4.69) is 48.8 Å². The fraction of sp³-hybridized carbons (Fsp3) is 0.677. The first-order chi connectivity index (χ1) is 23.5. The number of hydrogen-bond acceptors (Lipinski definition) is 10. The van der Waals surface area contributed by atoms with Crippen LogP contribution >= 0.6 is 7.82 Å². The smallest absolute Gasteiger partial charge is 0.400 e. The molecule has 1 fully saturated rings. The van der Waals surface area contributed by atoms with Crippen molar-refractivity contribution in [3.8, 4) is 0 Å². The van der Waals surface area contributed by atoms with Gasteiger partial charge in [0, 0.05) is 45.6 Å². The maximum atomic E-state index is 12.7. The van der Waals surface area contributed by atoms with E-state index in [4.69, 9.17) is 14.9 Å². The molecule has 1 aromatic rings. The first kappa shape index (κ1) is 46.3. The van der Waals surface area contributed by atoms with Crippen LogP contribution in [-0.2, 0) is 39.6 Å². The molecule has 1 aliphatic heterocycles. The number of phosphoric acid groups is 1. The van der Waals surface area contributed by atoms with E-state index < -0.39 is 68.8 Å². The topological polar surface area (TPSA) is 262 Å². The van der Waals surface area contributed by atoms with Crippen molar-refractivity contribution in [1.82, 2.24) is 35.7 Å². The van der Waals surface area contributed by atoms with Crippen molar-refractivity contribution in [3.63, 3.8) is 0 Å². The van der Waals surface area contributed by atoms with Crippen molar-refractivity contribution in [2.24, 2.45) is 5.92 Å². The number of rotatable bonds is 19. The normalized spacial score (nSPS) is 15.4. The highest BCUT2D eigenvalue weighted by Crippen LogP contribution is 2.37. The lowest BCUT2D eigenvalue weighted by Crippen LogP contribution is -2.61. The second-order valence-corrected chi connectivity index (χ2v) is 13.1. The van der Waals surface area contributed by atoms with Gasteiger partial charge < -0.3 is 50.7 Å². The fourth-order valence-corrected chi connectivity index (χ4v) is 5.11. The van der Waals surface area contributed by atoms with Crippen LogP contribution in [-0.4, -0.2) is 122 Å².